The van der Waals surface area contributed by atoms with Crippen molar-refractivity contribution in [2.45, 2.75) is 51.4 Å². The van der Waals surface area contributed by atoms with Crippen LogP contribution in [0.4, 0.5) is 4.79 Å². The summed E-state index contributed by atoms with van der Waals surface area (Å²) < 4.78 is 10.5. The first-order chi connectivity index (χ1) is 11.9. The van der Waals surface area contributed by atoms with Crippen LogP contribution in [0.15, 0.2) is 22.8 Å². The van der Waals surface area contributed by atoms with Crippen molar-refractivity contribution >= 4 is 11.9 Å². The molecule has 0 aromatic carbocycles. The lowest BCUT2D eigenvalue weighted by molar-refractivity contribution is -0.137. The van der Waals surface area contributed by atoms with E-state index in [0.29, 0.717) is 5.76 Å². The van der Waals surface area contributed by atoms with Gasteiger partial charge in [0.1, 0.15) is 17.9 Å². The second-order valence-corrected chi connectivity index (χ2v) is 7.20. The van der Waals surface area contributed by atoms with Gasteiger partial charge in [-0.3, -0.25) is 9.69 Å². The normalized spacial score (nSPS) is 30.8. The number of rotatable bonds is 6. The lowest BCUT2D eigenvalue weighted by Gasteiger charge is -2.42. The second kappa shape index (κ2) is 7.17. The van der Waals surface area contributed by atoms with Crippen molar-refractivity contribution in [3.8, 4) is 0 Å². The number of nitrogens with one attached hydrogen (secondary N) is 1. The van der Waals surface area contributed by atoms with Crippen LogP contribution in [-0.2, 0) is 16.1 Å². The Morgan fingerprint density at radius 1 is 1.40 bits per heavy atom. The summed E-state index contributed by atoms with van der Waals surface area (Å²) >= 11 is 0. The fraction of sp³-hybridized carbons (Fsp3) is 0.667. The van der Waals surface area contributed by atoms with E-state index in [-0.39, 0.29) is 37.5 Å². The molecule has 1 aromatic heterocycles. The molecule has 0 radical (unpaired) electrons. The van der Waals surface area contributed by atoms with Crippen LogP contribution in [0.1, 0.15) is 38.9 Å². The van der Waals surface area contributed by atoms with Crippen molar-refractivity contribution in [2.24, 2.45) is 11.8 Å². The molecular formula is C18H26N2O5. The Hall–Kier alpha value is -1.86. The van der Waals surface area contributed by atoms with Gasteiger partial charge in [0, 0.05) is 0 Å². The number of carbonyl (C=O) groups is 2. The highest BCUT2D eigenvalue weighted by Gasteiger charge is 2.58. The van der Waals surface area contributed by atoms with Gasteiger partial charge in [-0.15, -0.1) is 0 Å². The van der Waals surface area contributed by atoms with Crippen LogP contribution in [0.3, 0.4) is 0 Å². The smallest absolute Gasteiger partial charge is 0.325 e. The Labute approximate surface area is 147 Å². The molecule has 1 spiro atoms. The monoisotopic (exact) mass is 350 g/mol. The van der Waals surface area contributed by atoms with E-state index in [9.17, 15) is 14.7 Å². The van der Waals surface area contributed by atoms with E-state index < -0.39 is 17.7 Å². The zero-order valence-corrected chi connectivity index (χ0v) is 14.7. The Balaban J connectivity index is 1.58. The summed E-state index contributed by atoms with van der Waals surface area (Å²) in [6.45, 7) is 4.22. The van der Waals surface area contributed by atoms with Gasteiger partial charge in [0.25, 0.3) is 5.91 Å². The third-order valence-corrected chi connectivity index (χ3v) is 5.51. The first kappa shape index (κ1) is 17.9. The van der Waals surface area contributed by atoms with Crippen LogP contribution in [0.5, 0.6) is 0 Å². The van der Waals surface area contributed by atoms with Crippen LogP contribution in [-0.4, -0.2) is 46.7 Å². The highest BCUT2D eigenvalue weighted by Crippen LogP contribution is 2.42. The average molecular weight is 350 g/mol. The van der Waals surface area contributed by atoms with Crippen LogP contribution in [0.25, 0.3) is 0 Å². The molecule has 3 unspecified atom stereocenters. The molecule has 7 nitrogen and oxygen atoms in total. The van der Waals surface area contributed by atoms with Crippen molar-refractivity contribution in [1.29, 1.82) is 0 Å². The number of aliphatic hydroxyl groups is 1. The number of ether oxygens (including phenoxy) is 1. The van der Waals surface area contributed by atoms with Gasteiger partial charge in [0.05, 0.1) is 25.5 Å². The fourth-order valence-electron chi connectivity index (χ4n) is 4.07. The summed E-state index contributed by atoms with van der Waals surface area (Å²) in [4.78, 5) is 26.5. The SMILES string of the molecule is CC1CCCC(C)C12NC(=O)N(CC(O)COCc1ccco1)C2=O. The number of furan rings is 1. The van der Waals surface area contributed by atoms with Gasteiger partial charge in [0.15, 0.2) is 0 Å². The van der Waals surface area contributed by atoms with Gasteiger partial charge in [-0.25, -0.2) is 4.79 Å². The van der Waals surface area contributed by atoms with Gasteiger partial charge in [-0.05, 0) is 36.8 Å². The Morgan fingerprint density at radius 2 is 2.12 bits per heavy atom. The summed E-state index contributed by atoms with van der Waals surface area (Å²) in [6.07, 6.45) is 3.51. The first-order valence-electron chi connectivity index (χ1n) is 8.87. The largest absolute Gasteiger partial charge is 0.467 e. The third-order valence-electron chi connectivity index (χ3n) is 5.51. The van der Waals surface area contributed by atoms with E-state index in [4.69, 9.17) is 9.15 Å². The van der Waals surface area contributed by atoms with Crippen molar-refractivity contribution in [1.82, 2.24) is 10.2 Å². The standard InChI is InChI=1S/C18H26N2O5/c1-12-5-3-6-13(2)18(12)16(22)20(17(23)19-18)9-14(21)10-24-11-15-7-4-8-25-15/h4,7-8,12-14,21H,3,5-6,9-11H2,1-2H3,(H,19,23). The maximum Gasteiger partial charge on any atom is 0.325 e. The minimum absolute atomic E-state index is 0.0237. The van der Waals surface area contributed by atoms with Crippen LogP contribution >= 0.6 is 0 Å². The molecule has 1 aliphatic heterocycles. The highest BCUT2D eigenvalue weighted by molar-refractivity contribution is 6.07. The number of β-amino-alcohol motifs (C(OH)–C–C–N with tert-alkyl or cyclic N) is 1. The Bertz CT molecular complexity index is 605. The Kier molecular flexibility index (Phi) is 5.15. The number of imide groups is 1. The van der Waals surface area contributed by atoms with Gasteiger partial charge in [-0.1, -0.05) is 20.3 Å². The van der Waals surface area contributed by atoms with Crippen LogP contribution in [0.2, 0.25) is 0 Å². The molecule has 2 N–H and O–H groups in total. The number of amides is 3. The predicted molar refractivity (Wildman–Crippen MR) is 89.5 cm³/mol. The topological polar surface area (TPSA) is 92.0 Å². The third kappa shape index (κ3) is 3.30. The molecule has 3 atom stereocenters. The molecule has 1 saturated carbocycles. The molecule has 1 aliphatic carbocycles. The zero-order valence-electron chi connectivity index (χ0n) is 14.7. The predicted octanol–water partition coefficient (Wildman–Crippen LogP) is 1.90. The molecule has 1 saturated heterocycles. The van der Waals surface area contributed by atoms with Crippen LogP contribution in [0, 0.1) is 11.8 Å². The number of nitrogens with zero attached hydrogens (tertiary/aromatic N) is 1. The zero-order chi connectivity index (χ0) is 18.0. The Morgan fingerprint density at radius 3 is 2.76 bits per heavy atom. The first-order valence-corrected chi connectivity index (χ1v) is 8.87. The van der Waals surface area contributed by atoms with Gasteiger partial charge >= 0.3 is 6.03 Å². The number of urea groups is 1. The molecule has 1 aromatic rings. The molecule has 2 aliphatic rings. The lowest BCUT2D eigenvalue weighted by atomic mass is 9.67. The molecule has 2 heterocycles. The number of aliphatic hydroxyl groups excluding tert-OH is 1. The number of carbonyl (C=O) groups excluding carboxylic acids is 2. The quantitative estimate of drug-likeness (QED) is 0.765. The second-order valence-electron chi connectivity index (χ2n) is 7.20. The molecule has 7 heteroatoms. The van der Waals surface area contributed by atoms with Crippen LogP contribution < -0.4 is 5.32 Å². The van der Waals surface area contributed by atoms with E-state index in [0.717, 1.165) is 24.2 Å². The van der Waals surface area contributed by atoms with Crippen molar-refractivity contribution in [3.63, 3.8) is 0 Å². The summed E-state index contributed by atoms with van der Waals surface area (Å²) in [5.74, 6) is 0.614. The molecule has 3 rings (SSSR count). The van der Waals surface area contributed by atoms with Crippen molar-refractivity contribution < 1.29 is 23.8 Å². The molecule has 25 heavy (non-hydrogen) atoms. The molecule has 138 valence electrons. The van der Waals surface area contributed by atoms with E-state index in [1.807, 2.05) is 13.8 Å². The summed E-state index contributed by atoms with van der Waals surface area (Å²) in [6, 6.07) is 3.11. The van der Waals surface area contributed by atoms with Gasteiger partial charge in [-0.2, -0.15) is 0 Å². The highest BCUT2D eigenvalue weighted by atomic mass is 16.5. The van der Waals surface area contributed by atoms with E-state index in [2.05, 4.69) is 5.32 Å². The lowest BCUT2D eigenvalue weighted by Crippen LogP contribution is -2.59. The summed E-state index contributed by atoms with van der Waals surface area (Å²) in [5, 5.41) is 13.1. The maximum absolute atomic E-state index is 13.0. The molecule has 0 bridgehead atoms. The minimum Gasteiger partial charge on any atom is -0.467 e. The average Bonchev–Trinajstić information content (AvgIpc) is 3.16. The van der Waals surface area contributed by atoms with Crippen molar-refractivity contribution in [3.05, 3.63) is 24.2 Å². The van der Waals surface area contributed by atoms with E-state index in [1.54, 1.807) is 18.4 Å². The molecule has 2 fully saturated rings. The summed E-state index contributed by atoms with van der Waals surface area (Å²) in [7, 11) is 0. The number of hydrogen-bond donors (Lipinski definition) is 2. The van der Waals surface area contributed by atoms with Gasteiger partial charge in [0.2, 0.25) is 0 Å². The summed E-state index contributed by atoms with van der Waals surface area (Å²) in [5.41, 5.74) is -0.829. The fourth-order valence-corrected chi connectivity index (χ4v) is 4.07. The minimum atomic E-state index is -0.936. The van der Waals surface area contributed by atoms with Crippen molar-refractivity contribution in [2.75, 3.05) is 13.2 Å². The van der Waals surface area contributed by atoms with Gasteiger partial charge < -0.3 is 19.6 Å². The molecular weight excluding hydrogens is 324 g/mol. The molecule has 3 amide bonds. The number of hydrogen-bond acceptors (Lipinski definition) is 5. The van der Waals surface area contributed by atoms with E-state index >= 15 is 0 Å². The maximum atomic E-state index is 13.0. The van der Waals surface area contributed by atoms with E-state index in [1.165, 1.54) is 0 Å².